The summed E-state index contributed by atoms with van der Waals surface area (Å²) in [6, 6.07) is 26.4. The molecule has 0 fully saturated rings. The Morgan fingerprint density at radius 1 is 0.706 bits per heavy atom. The number of hydrogen-bond acceptors (Lipinski definition) is 5. The Hall–Kier alpha value is -3.31. The Kier molecular flexibility index (Phi) is 10.5. The summed E-state index contributed by atoms with van der Waals surface area (Å²) in [6.07, 6.45) is 1.60. The summed E-state index contributed by atoms with van der Waals surface area (Å²) in [4.78, 5) is 12.0. The quantitative estimate of drug-likeness (QED) is 0.229. The highest BCUT2D eigenvalue weighted by Crippen LogP contribution is 2.17. The molecule has 5 heteroatoms. The van der Waals surface area contributed by atoms with E-state index < -0.39 is 6.10 Å². The van der Waals surface area contributed by atoms with Gasteiger partial charge in [0, 0.05) is 19.4 Å². The standard InChI is InChI=1S/C29H34O5/c1-3-31-28(29(30)32-4-2)22-25-13-17-27(18-14-25)34-20-8-19-33-26-15-11-24(12-16-26)21-23-9-6-5-7-10-23/h5-7,9-18,28H,3-4,8,19-22H2,1-2H3/t28-/m0/s1. The fourth-order valence-electron chi connectivity index (χ4n) is 3.56. The Labute approximate surface area is 202 Å². The van der Waals surface area contributed by atoms with Crippen LogP contribution in [0.2, 0.25) is 0 Å². The van der Waals surface area contributed by atoms with Gasteiger partial charge >= 0.3 is 5.97 Å². The third kappa shape index (κ3) is 8.56. The lowest BCUT2D eigenvalue weighted by molar-refractivity contribution is -0.156. The van der Waals surface area contributed by atoms with Crippen molar-refractivity contribution in [1.29, 1.82) is 0 Å². The molecular formula is C29H34O5. The zero-order valence-corrected chi connectivity index (χ0v) is 20.1. The molecule has 3 aromatic rings. The van der Waals surface area contributed by atoms with Gasteiger partial charge < -0.3 is 18.9 Å². The van der Waals surface area contributed by atoms with Crippen molar-refractivity contribution in [3.8, 4) is 11.5 Å². The molecule has 0 aliphatic rings. The van der Waals surface area contributed by atoms with Gasteiger partial charge in [-0.25, -0.2) is 4.79 Å². The summed E-state index contributed by atoms with van der Waals surface area (Å²) in [7, 11) is 0. The van der Waals surface area contributed by atoms with Crippen LogP contribution in [0, 0.1) is 0 Å². The smallest absolute Gasteiger partial charge is 0.335 e. The van der Waals surface area contributed by atoms with Crippen molar-refractivity contribution in [1.82, 2.24) is 0 Å². The Morgan fingerprint density at radius 3 is 1.82 bits per heavy atom. The van der Waals surface area contributed by atoms with Crippen LogP contribution in [0.1, 0.15) is 37.0 Å². The third-order valence-electron chi connectivity index (χ3n) is 5.26. The molecule has 0 saturated heterocycles. The second-order valence-electron chi connectivity index (χ2n) is 7.90. The van der Waals surface area contributed by atoms with Crippen LogP contribution < -0.4 is 9.47 Å². The second kappa shape index (κ2) is 14.1. The first-order valence-electron chi connectivity index (χ1n) is 11.9. The summed E-state index contributed by atoms with van der Waals surface area (Å²) in [5, 5.41) is 0. The molecule has 0 heterocycles. The molecule has 3 aromatic carbocycles. The SMILES string of the molecule is CCOC(=O)[C@H](Cc1ccc(OCCCOc2ccc(Cc3ccccc3)cc2)cc1)OCC. The van der Waals surface area contributed by atoms with E-state index in [4.69, 9.17) is 18.9 Å². The summed E-state index contributed by atoms with van der Waals surface area (Å²) in [6.45, 7) is 5.62. The van der Waals surface area contributed by atoms with E-state index in [9.17, 15) is 4.79 Å². The molecule has 0 spiro atoms. The van der Waals surface area contributed by atoms with Gasteiger partial charge in [-0.1, -0.05) is 54.6 Å². The van der Waals surface area contributed by atoms with Gasteiger partial charge in [0.2, 0.25) is 0 Å². The highest BCUT2D eigenvalue weighted by Gasteiger charge is 2.20. The number of carbonyl (C=O) groups is 1. The van der Waals surface area contributed by atoms with Crippen molar-refractivity contribution in [3.05, 3.63) is 95.6 Å². The summed E-state index contributed by atoms with van der Waals surface area (Å²) in [5.74, 6) is 1.33. The van der Waals surface area contributed by atoms with Crippen molar-refractivity contribution in [2.45, 2.75) is 39.2 Å². The molecule has 0 N–H and O–H groups in total. The monoisotopic (exact) mass is 462 g/mol. The molecule has 180 valence electrons. The highest BCUT2D eigenvalue weighted by molar-refractivity contribution is 5.75. The van der Waals surface area contributed by atoms with Crippen LogP contribution in [-0.4, -0.2) is 38.5 Å². The topological polar surface area (TPSA) is 54.0 Å². The third-order valence-corrected chi connectivity index (χ3v) is 5.26. The largest absolute Gasteiger partial charge is 0.493 e. The van der Waals surface area contributed by atoms with Crippen molar-refractivity contribution in [2.24, 2.45) is 0 Å². The average molecular weight is 463 g/mol. The van der Waals surface area contributed by atoms with Gasteiger partial charge in [0.05, 0.1) is 19.8 Å². The number of esters is 1. The van der Waals surface area contributed by atoms with E-state index in [0.717, 1.165) is 29.9 Å². The number of ether oxygens (including phenoxy) is 4. The number of benzene rings is 3. The van der Waals surface area contributed by atoms with E-state index in [1.807, 2.05) is 49.4 Å². The van der Waals surface area contributed by atoms with E-state index in [2.05, 4.69) is 36.4 Å². The normalized spacial score (nSPS) is 11.6. The van der Waals surface area contributed by atoms with Gasteiger partial charge in [-0.3, -0.25) is 0 Å². The predicted molar refractivity (Wildman–Crippen MR) is 133 cm³/mol. The van der Waals surface area contributed by atoms with Gasteiger partial charge in [0.15, 0.2) is 6.10 Å². The number of carbonyl (C=O) groups excluding carboxylic acids is 1. The minimum atomic E-state index is -0.582. The Morgan fingerprint density at radius 2 is 1.26 bits per heavy atom. The fraction of sp³-hybridized carbons (Fsp3) is 0.345. The van der Waals surface area contributed by atoms with Crippen molar-refractivity contribution in [3.63, 3.8) is 0 Å². The maximum Gasteiger partial charge on any atom is 0.335 e. The zero-order valence-electron chi connectivity index (χ0n) is 20.1. The Bertz CT molecular complexity index is 968. The molecule has 0 bridgehead atoms. The highest BCUT2D eigenvalue weighted by atomic mass is 16.6. The second-order valence-corrected chi connectivity index (χ2v) is 7.90. The van der Waals surface area contributed by atoms with Crippen LogP contribution in [-0.2, 0) is 27.1 Å². The maximum atomic E-state index is 12.0. The molecule has 34 heavy (non-hydrogen) atoms. The number of hydrogen-bond donors (Lipinski definition) is 0. The molecule has 0 aliphatic carbocycles. The molecule has 1 atom stereocenters. The Balaban J connectivity index is 1.36. The molecule has 0 unspecified atom stereocenters. The van der Waals surface area contributed by atoms with Crippen molar-refractivity contribution < 1.29 is 23.7 Å². The molecule has 0 amide bonds. The van der Waals surface area contributed by atoms with E-state index in [1.165, 1.54) is 11.1 Å². The first-order chi connectivity index (χ1) is 16.7. The zero-order chi connectivity index (χ0) is 24.0. The summed E-state index contributed by atoms with van der Waals surface area (Å²) in [5.41, 5.74) is 3.56. The van der Waals surface area contributed by atoms with E-state index >= 15 is 0 Å². The van der Waals surface area contributed by atoms with Crippen molar-refractivity contribution in [2.75, 3.05) is 26.4 Å². The summed E-state index contributed by atoms with van der Waals surface area (Å²) < 4.78 is 22.3. The minimum Gasteiger partial charge on any atom is -0.493 e. The lowest BCUT2D eigenvalue weighted by Crippen LogP contribution is -2.28. The molecular weight excluding hydrogens is 428 g/mol. The first-order valence-corrected chi connectivity index (χ1v) is 11.9. The molecule has 0 radical (unpaired) electrons. The van der Waals surface area contributed by atoms with Crippen LogP contribution >= 0.6 is 0 Å². The van der Waals surface area contributed by atoms with Gasteiger partial charge in [-0.05, 0) is 61.2 Å². The van der Waals surface area contributed by atoms with Crippen LogP contribution in [0.15, 0.2) is 78.9 Å². The predicted octanol–water partition coefficient (Wildman–Crippen LogP) is 5.64. The fourth-order valence-corrected chi connectivity index (χ4v) is 3.56. The molecule has 3 rings (SSSR count). The van der Waals surface area contributed by atoms with Crippen molar-refractivity contribution >= 4 is 5.97 Å². The van der Waals surface area contributed by atoms with Crippen LogP contribution in [0.5, 0.6) is 11.5 Å². The van der Waals surface area contributed by atoms with Gasteiger partial charge in [-0.2, -0.15) is 0 Å². The minimum absolute atomic E-state index is 0.324. The van der Waals surface area contributed by atoms with Crippen LogP contribution in [0.25, 0.3) is 0 Å². The maximum absolute atomic E-state index is 12.0. The summed E-state index contributed by atoms with van der Waals surface area (Å²) >= 11 is 0. The van der Waals surface area contributed by atoms with E-state index in [1.54, 1.807) is 6.92 Å². The van der Waals surface area contributed by atoms with Gasteiger partial charge in [-0.15, -0.1) is 0 Å². The lowest BCUT2D eigenvalue weighted by atomic mass is 10.1. The van der Waals surface area contributed by atoms with Crippen LogP contribution in [0.3, 0.4) is 0 Å². The molecule has 0 aliphatic heterocycles. The van der Waals surface area contributed by atoms with E-state index in [0.29, 0.717) is 32.8 Å². The lowest BCUT2D eigenvalue weighted by Gasteiger charge is -2.16. The van der Waals surface area contributed by atoms with E-state index in [-0.39, 0.29) is 5.97 Å². The first kappa shape index (κ1) is 25.3. The van der Waals surface area contributed by atoms with Crippen LogP contribution in [0.4, 0.5) is 0 Å². The average Bonchev–Trinajstić information content (AvgIpc) is 2.86. The number of rotatable bonds is 14. The molecule has 0 saturated carbocycles. The molecule has 5 nitrogen and oxygen atoms in total. The van der Waals surface area contributed by atoms with Gasteiger partial charge in [0.25, 0.3) is 0 Å². The van der Waals surface area contributed by atoms with Gasteiger partial charge in [0.1, 0.15) is 11.5 Å². The molecule has 0 aromatic heterocycles.